The highest BCUT2D eigenvalue weighted by molar-refractivity contribution is 7.80. The number of nitrogens with zero attached hydrogens (tertiary/aromatic N) is 2. The van der Waals surface area contributed by atoms with Gasteiger partial charge in [-0.3, -0.25) is 28.2 Å². The molecule has 3 aromatic rings. The van der Waals surface area contributed by atoms with E-state index in [-0.39, 0.29) is 47.4 Å². The predicted octanol–water partition coefficient (Wildman–Crippen LogP) is 2.59. The number of ether oxygens (including phenoxy) is 1. The molecule has 1 aliphatic carbocycles. The molecule has 2 aliphatic rings. The molecule has 5 rings (SSSR count). The molecule has 44 heavy (non-hydrogen) atoms. The van der Waals surface area contributed by atoms with Crippen molar-refractivity contribution >= 4 is 40.6 Å². The van der Waals surface area contributed by atoms with Crippen LogP contribution in [0.1, 0.15) is 68.4 Å². The summed E-state index contributed by atoms with van der Waals surface area (Å²) in [6.45, 7) is 6.34. The van der Waals surface area contributed by atoms with Crippen molar-refractivity contribution < 1.29 is 43.0 Å². The molecule has 0 radical (unpaired) electrons. The Morgan fingerprint density at radius 2 is 1.91 bits per heavy atom. The average molecular weight is 627 g/mol. The van der Waals surface area contributed by atoms with Gasteiger partial charge in [0.1, 0.15) is 22.8 Å². The van der Waals surface area contributed by atoms with Gasteiger partial charge in [0.15, 0.2) is 0 Å². The number of nitro groups is 1. The number of carbonyl (C=O) groups excluding carboxylic acids is 2. The minimum absolute atomic E-state index is 0.0185. The van der Waals surface area contributed by atoms with Crippen LogP contribution < -0.4 is 19.7 Å². The number of benzene rings is 2. The summed E-state index contributed by atoms with van der Waals surface area (Å²) in [4.78, 5) is 53.1. The largest absolute Gasteiger partial charge is 0.755 e. The maximum atomic E-state index is 14.2. The van der Waals surface area contributed by atoms with Gasteiger partial charge >= 0.3 is 6.09 Å². The van der Waals surface area contributed by atoms with Gasteiger partial charge in [-0.1, -0.05) is 38.1 Å². The fourth-order valence-electron chi connectivity index (χ4n) is 5.78. The van der Waals surface area contributed by atoms with Crippen LogP contribution >= 0.6 is 0 Å². The number of H-pyrrole nitrogens is 1. The number of rotatable bonds is 9. The number of fused-ring (bicyclic) bond motifs is 5. The lowest BCUT2D eigenvalue weighted by molar-refractivity contribution is -0.388. The van der Waals surface area contributed by atoms with Crippen molar-refractivity contribution in [3.63, 3.8) is 0 Å². The van der Waals surface area contributed by atoms with E-state index >= 15 is 0 Å². The number of carbonyl (C=O) groups is 3. The first-order valence-electron chi connectivity index (χ1n) is 13.4. The summed E-state index contributed by atoms with van der Waals surface area (Å²) < 4.78 is 30.9. The summed E-state index contributed by atoms with van der Waals surface area (Å²) in [5.74, 6) is -4.45. The van der Waals surface area contributed by atoms with Crippen molar-refractivity contribution in [1.29, 1.82) is 0 Å². The van der Waals surface area contributed by atoms with Crippen LogP contribution in [0.3, 0.4) is 0 Å². The Morgan fingerprint density at radius 1 is 1.20 bits per heavy atom. The number of amides is 2. The lowest BCUT2D eigenvalue weighted by atomic mass is 9.82. The van der Waals surface area contributed by atoms with Crippen LogP contribution in [-0.4, -0.2) is 59.8 Å². The van der Waals surface area contributed by atoms with Crippen molar-refractivity contribution in [3.05, 3.63) is 85.6 Å². The van der Waals surface area contributed by atoms with Gasteiger partial charge in [-0.05, 0) is 42.5 Å². The van der Waals surface area contributed by atoms with Gasteiger partial charge in [-0.15, -0.1) is 0 Å². The van der Waals surface area contributed by atoms with Crippen molar-refractivity contribution in [2.45, 2.75) is 44.9 Å². The molecule has 0 spiro atoms. The molecule has 5 N–H and O–H groups in total. The zero-order valence-electron chi connectivity index (χ0n) is 23.9. The van der Waals surface area contributed by atoms with Crippen LogP contribution in [0.15, 0.2) is 36.4 Å². The van der Waals surface area contributed by atoms with Gasteiger partial charge < -0.3 is 35.1 Å². The van der Waals surface area contributed by atoms with Crippen LogP contribution in [0.4, 0.5) is 16.3 Å². The van der Waals surface area contributed by atoms with Crippen LogP contribution in [0.2, 0.25) is 0 Å². The van der Waals surface area contributed by atoms with E-state index < -0.39 is 56.6 Å². The zero-order chi connectivity index (χ0) is 32.3. The molecule has 1 aliphatic heterocycles. The number of aliphatic hydroxyl groups is 1. The van der Waals surface area contributed by atoms with Crippen molar-refractivity contribution in [1.82, 2.24) is 15.6 Å². The van der Waals surface area contributed by atoms with E-state index in [0.29, 0.717) is 11.1 Å². The predicted molar refractivity (Wildman–Crippen MR) is 154 cm³/mol. The van der Waals surface area contributed by atoms with E-state index in [1.807, 2.05) is 13.8 Å². The Hall–Kier alpha value is -4.80. The zero-order valence-corrected chi connectivity index (χ0v) is 24.7. The molecule has 15 nitrogen and oxygen atoms in total. The second-order valence-corrected chi connectivity index (χ2v) is 11.7. The van der Waals surface area contributed by atoms with Crippen molar-refractivity contribution in [3.8, 4) is 5.75 Å². The molecule has 1 aromatic heterocycles. The van der Waals surface area contributed by atoms with Crippen molar-refractivity contribution in [2.75, 3.05) is 17.4 Å². The van der Waals surface area contributed by atoms with E-state index in [2.05, 4.69) is 15.6 Å². The van der Waals surface area contributed by atoms with E-state index in [0.717, 1.165) is 15.9 Å². The SMILES string of the molecule is Cc1c(C(=O)NC23C(=O)c4cccc([N+](=O)[O-])c4C2(O)Oc2cc(C(C)C)ccc23)[nH]c(N(CCNC(=O)O)S(=O)[O-])c1C. The van der Waals surface area contributed by atoms with Gasteiger partial charge in [0.2, 0.25) is 11.3 Å². The number of aromatic nitrogens is 1. The summed E-state index contributed by atoms with van der Waals surface area (Å²) in [6, 6.07) is 8.53. The minimum atomic E-state index is -2.87. The normalized spacial score (nSPS) is 20.4. The van der Waals surface area contributed by atoms with Gasteiger partial charge in [0.05, 0.1) is 4.92 Å². The third-order valence-corrected chi connectivity index (χ3v) is 8.82. The molecule has 3 unspecified atom stereocenters. The summed E-state index contributed by atoms with van der Waals surface area (Å²) in [7, 11) is 0. The van der Waals surface area contributed by atoms with E-state index in [1.54, 1.807) is 19.1 Å². The second-order valence-electron chi connectivity index (χ2n) is 10.8. The maximum Gasteiger partial charge on any atom is 0.404 e. The molecule has 0 fully saturated rings. The average Bonchev–Trinajstić information content (AvgIpc) is 3.46. The number of hydrogen-bond acceptors (Lipinski definition) is 9. The highest BCUT2D eigenvalue weighted by atomic mass is 32.2. The number of nitrogens with one attached hydrogen (secondary N) is 3. The van der Waals surface area contributed by atoms with E-state index in [1.165, 1.54) is 25.1 Å². The van der Waals surface area contributed by atoms with E-state index in [4.69, 9.17) is 9.84 Å². The Bertz CT molecular complexity index is 1770. The summed E-state index contributed by atoms with van der Waals surface area (Å²) in [5.41, 5.74) is -2.21. The number of hydrogen-bond donors (Lipinski definition) is 5. The topological polar surface area (TPSA) is 227 Å². The van der Waals surface area contributed by atoms with Crippen LogP contribution in [0, 0.1) is 24.0 Å². The quantitative estimate of drug-likeness (QED) is 0.132. The number of anilines is 1. The Balaban J connectivity index is 1.64. The molecule has 2 amide bonds. The minimum Gasteiger partial charge on any atom is -0.755 e. The fraction of sp³-hybridized carbons (Fsp3) is 0.321. The second kappa shape index (κ2) is 10.7. The highest BCUT2D eigenvalue weighted by Gasteiger charge is 2.73. The molecule has 0 saturated heterocycles. The molecular weight excluding hydrogens is 598 g/mol. The summed E-state index contributed by atoms with van der Waals surface area (Å²) in [6.07, 6.45) is -1.35. The monoisotopic (exact) mass is 626 g/mol. The standard InChI is InChI=1S/C28H29N5O10S/c1-13(2)16-8-9-18-20(12-16)43-28(38)21-17(6-5-7-19(21)33(39)40)23(34)27(18,28)31-25(35)22-14(3)15(4)24(30-22)32(44(41)42)11-10-29-26(36)37/h5-9,12-13,29-30,38H,10-11H2,1-4H3,(H,31,35)(H,36,37)(H,41,42)/p-1. The summed E-state index contributed by atoms with van der Waals surface area (Å²) >= 11 is -2.87. The first-order valence-corrected chi connectivity index (χ1v) is 14.4. The molecule has 0 bridgehead atoms. The van der Waals surface area contributed by atoms with Crippen molar-refractivity contribution in [2.24, 2.45) is 0 Å². The van der Waals surface area contributed by atoms with Crippen LogP contribution in [-0.2, 0) is 22.6 Å². The Labute approximate surface area is 252 Å². The number of Topliss-reactive ketones (excluding diaryl/α,β-unsaturated/α-hetero) is 1. The highest BCUT2D eigenvalue weighted by Crippen LogP contribution is 2.60. The number of aromatic amines is 1. The molecule has 2 heterocycles. The van der Waals surface area contributed by atoms with Crippen LogP contribution in [0.5, 0.6) is 5.75 Å². The number of ketones is 1. The van der Waals surface area contributed by atoms with Gasteiger partial charge in [0.25, 0.3) is 17.4 Å². The lowest BCUT2D eigenvalue weighted by Gasteiger charge is -2.34. The first kappa shape index (κ1) is 30.7. The third kappa shape index (κ3) is 4.40. The molecule has 0 saturated carbocycles. The molecule has 232 valence electrons. The maximum absolute atomic E-state index is 14.2. The smallest absolute Gasteiger partial charge is 0.404 e. The third-order valence-electron chi connectivity index (χ3n) is 8.09. The van der Waals surface area contributed by atoms with Crippen LogP contribution in [0.25, 0.3) is 0 Å². The Kier molecular flexibility index (Phi) is 7.47. The Morgan fingerprint density at radius 3 is 2.52 bits per heavy atom. The molecule has 2 aromatic carbocycles. The molecule has 3 atom stereocenters. The van der Waals surface area contributed by atoms with Gasteiger partial charge in [-0.25, -0.2) is 4.79 Å². The van der Waals surface area contributed by atoms with Gasteiger partial charge in [-0.2, -0.15) is 0 Å². The van der Waals surface area contributed by atoms with Gasteiger partial charge in [0, 0.05) is 41.5 Å². The molecular formula is C28H28N5O10S-. The number of carboxylic acid groups (broad SMARTS) is 1. The number of nitro benzene ring substituents is 1. The fourth-order valence-corrected chi connectivity index (χ4v) is 6.35. The molecule has 16 heteroatoms. The lowest BCUT2D eigenvalue weighted by Crippen LogP contribution is -2.60. The summed E-state index contributed by atoms with van der Waals surface area (Å²) in [5, 5.41) is 37.7. The first-order chi connectivity index (χ1) is 20.7. The van der Waals surface area contributed by atoms with E-state index in [9.17, 15) is 38.4 Å².